The molecular weight excluding hydrogens is 903 g/mol. The minimum absolute atomic E-state index is 0.0113. The van der Waals surface area contributed by atoms with Gasteiger partial charge in [-0.15, -0.1) is 0 Å². The highest BCUT2D eigenvalue weighted by Crippen LogP contribution is 2.52. The van der Waals surface area contributed by atoms with Crippen molar-refractivity contribution in [1.29, 1.82) is 0 Å². The standard InChI is InChI=1S/C57H75N11O4/c1-37(2)68-36-59-47-32-46(61-53(52(47)68)60-41-9-10-41)39-7-12-45-48(29-39)67(43-30-42(31-43)63-21-5-4-6-22-63)35-57(45)19-27-65(28-20-57)51(70)33-56(3)17-25-66(26-18-56)55(72)38-15-23-64(24-16-38)49-13-8-40(34-58-49)44-11-14-50(69)62-54(44)71/h7-8,12-13,29,32,34,36-38,41-44H,4-6,9-11,14-28,30-31,33,35H2,1-3H3,(H,60,61)(H,62,69,71). The monoisotopic (exact) mass is 978 g/mol. The summed E-state index contributed by atoms with van der Waals surface area (Å²) in [6.45, 7) is 14.6. The van der Waals surface area contributed by atoms with Gasteiger partial charge in [-0.3, -0.25) is 24.5 Å². The van der Waals surface area contributed by atoms with E-state index in [9.17, 15) is 19.2 Å². The molecular formula is C57H75N11O4. The molecule has 7 fully saturated rings. The molecule has 4 aromatic rings. The van der Waals surface area contributed by atoms with Crippen LogP contribution >= 0.6 is 0 Å². The maximum atomic E-state index is 14.3. The molecule has 1 unspecified atom stereocenters. The molecule has 1 atom stereocenters. The van der Waals surface area contributed by atoms with Gasteiger partial charge in [-0.2, -0.15) is 0 Å². The molecule has 15 heteroatoms. The summed E-state index contributed by atoms with van der Waals surface area (Å²) in [5, 5.41) is 6.19. The van der Waals surface area contributed by atoms with Crippen molar-refractivity contribution in [3.05, 3.63) is 60.0 Å². The van der Waals surface area contributed by atoms with Gasteiger partial charge >= 0.3 is 0 Å². The van der Waals surface area contributed by atoms with Crippen molar-refractivity contribution in [2.75, 3.05) is 74.0 Å². The summed E-state index contributed by atoms with van der Waals surface area (Å²) in [4.78, 5) is 79.1. The van der Waals surface area contributed by atoms with Gasteiger partial charge in [0.05, 0.1) is 23.5 Å². The molecule has 8 aliphatic rings. The highest BCUT2D eigenvalue weighted by Gasteiger charge is 2.50. The lowest BCUT2D eigenvalue weighted by molar-refractivity contribution is -0.140. The molecule has 72 heavy (non-hydrogen) atoms. The summed E-state index contributed by atoms with van der Waals surface area (Å²) in [7, 11) is 0. The second-order valence-corrected chi connectivity index (χ2v) is 23.8. The molecule has 12 rings (SSSR count). The number of carbonyl (C=O) groups is 4. The number of hydrogen-bond acceptors (Lipinski definition) is 11. The molecule has 2 saturated carbocycles. The van der Waals surface area contributed by atoms with E-state index in [1.165, 1.54) is 69.3 Å². The summed E-state index contributed by atoms with van der Waals surface area (Å²) < 4.78 is 2.24. The Labute approximate surface area is 424 Å². The zero-order chi connectivity index (χ0) is 49.3. The largest absolute Gasteiger partial charge is 0.367 e. The smallest absolute Gasteiger partial charge is 0.234 e. The number of aromatic nitrogens is 4. The molecule has 382 valence electrons. The van der Waals surface area contributed by atoms with Crippen LogP contribution in [0.1, 0.15) is 147 Å². The number of imide groups is 1. The summed E-state index contributed by atoms with van der Waals surface area (Å²) in [6, 6.07) is 15.2. The highest BCUT2D eigenvalue weighted by atomic mass is 16.2. The third-order valence-corrected chi connectivity index (χ3v) is 18.6. The predicted octanol–water partition coefficient (Wildman–Crippen LogP) is 7.80. The lowest BCUT2D eigenvalue weighted by atomic mass is 9.73. The number of carbonyl (C=O) groups excluding carboxylic acids is 4. The Bertz CT molecular complexity index is 2700. The molecule has 9 heterocycles. The van der Waals surface area contributed by atoms with Crippen LogP contribution in [-0.4, -0.2) is 135 Å². The van der Waals surface area contributed by atoms with Crippen molar-refractivity contribution in [1.82, 2.24) is 39.5 Å². The van der Waals surface area contributed by atoms with E-state index >= 15 is 0 Å². The van der Waals surface area contributed by atoms with E-state index in [0.29, 0.717) is 56.5 Å². The fraction of sp³-hybridized carbons (Fsp3) is 0.632. The van der Waals surface area contributed by atoms with Crippen LogP contribution < -0.4 is 20.4 Å². The summed E-state index contributed by atoms with van der Waals surface area (Å²) in [5.41, 5.74) is 7.73. The van der Waals surface area contributed by atoms with Crippen LogP contribution in [0, 0.1) is 11.3 Å². The zero-order valence-electron chi connectivity index (χ0n) is 42.9. The van der Waals surface area contributed by atoms with Crippen LogP contribution in [-0.2, 0) is 24.6 Å². The number of nitrogens with one attached hydrogen (secondary N) is 2. The first kappa shape index (κ1) is 47.4. The van der Waals surface area contributed by atoms with E-state index in [4.69, 9.17) is 9.97 Å². The van der Waals surface area contributed by atoms with Crippen LogP contribution in [0.2, 0.25) is 0 Å². The topological polar surface area (TPSA) is 152 Å². The van der Waals surface area contributed by atoms with Gasteiger partial charge in [-0.1, -0.05) is 31.5 Å². The van der Waals surface area contributed by atoms with Crippen molar-refractivity contribution in [3.63, 3.8) is 0 Å². The van der Waals surface area contributed by atoms with Gasteiger partial charge in [0.25, 0.3) is 0 Å². The van der Waals surface area contributed by atoms with E-state index in [1.807, 2.05) is 18.5 Å². The van der Waals surface area contributed by atoms with E-state index in [2.05, 4.69) is 89.7 Å². The average molecular weight is 978 g/mol. The van der Waals surface area contributed by atoms with Crippen LogP contribution in [0.25, 0.3) is 22.3 Å². The Hall–Kier alpha value is -5.57. The molecule has 3 aromatic heterocycles. The average Bonchev–Trinajstić information content (AvgIpc) is 4.00. The minimum atomic E-state index is -0.349. The Balaban J connectivity index is 0.674. The fourth-order valence-electron chi connectivity index (χ4n) is 13.7. The van der Waals surface area contributed by atoms with Gasteiger partial charge in [0.2, 0.25) is 23.6 Å². The molecule has 0 bridgehead atoms. The number of anilines is 3. The van der Waals surface area contributed by atoms with Crippen molar-refractivity contribution in [2.24, 2.45) is 11.3 Å². The Morgan fingerprint density at radius 3 is 2.26 bits per heavy atom. The molecule has 5 saturated heterocycles. The second kappa shape index (κ2) is 19.0. The maximum absolute atomic E-state index is 14.3. The highest BCUT2D eigenvalue weighted by molar-refractivity contribution is 6.01. The number of rotatable bonds is 11. The number of fused-ring (bicyclic) bond motifs is 3. The van der Waals surface area contributed by atoms with Gasteiger partial charge in [0, 0.05) is 112 Å². The summed E-state index contributed by atoms with van der Waals surface area (Å²) in [6.07, 6.45) is 19.1. The van der Waals surface area contributed by atoms with Crippen molar-refractivity contribution >= 4 is 52.0 Å². The van der Waals surface area contributed by atoms with Gasteiger partial charge in [0.15, 0.2) is 5.82 Å². The number of likely N-dealkylation sites (tertiary alicyclic amines) is 3. The van der Waals surface area contributed by atoms with Gasteiger partial charge in [0.1, 0.15) is 11.3 Å². The third kappa shape index (κ3) is 9.14. The zero-order valence-corrected chi connectivity index (χ0v) is 42.9. The van der Waals surface area contributed by atoms with E-state index in [1.54, 1.807) is 6.20 Å². The molecule has 6 aliphatic heterocycles. The fourth-order valence-corrected chi connectivity index (χ4v) is 13.7. The molecule has 15 nitrogen and oxygen atoms in total. The molecule has 0 radical (unpaired) electrons. The molecule has 2 aliphatic carbocycles. The Morgan fingerprint density at radius 2 is 1.57 bits per heavy atom. The molecule has 4 amide bonds. The molecule has 1 aromatic carbocycles. The Morgan fingerprint density at radius 1 is 0.819 bits per heavy atom. The first-order valence-corrected chi connectivity index (χ1v) is 27.8. The van der Waals surface area contributed by atoms with Crippen LogP contribution in [0.5, 0.6) is 0 Å². The van der Waals surface area contributed by atoms with Gasteiger partial charge in [-0.25, -0.2) is 15.0 Å². The maximum Gasteiger partial charge on any atom is 0.234 e. The van der Waals surface area contributed by atoms with Gasteiger partial charge in [-0.05, 0) is 145 Å². The number of nitrogens with zero attached hydrogens (tertiary/aromatic N) is 9. The number of hydrogen-bond donors (Lipinski definition) is 2. The minimum Gasteiger partial charge on any atom is -0.367 e. The van der Waals surface area contributed by atoms with Gasteiger partial charge < -0.3 is 34.4 Å². The number of piperidine rings is 5. The van der Waals surface area contributed by atoms with Crippen molar-refractivity contribution < 1.29 is 19.2 Å². The molecule has 2 N–H and O–H groups in total. The summed E-state index contributed by atoms with van der Waals surface area (Å²) >= 11 is 0. The third-order valence-electron chi connectivity index (χ3n) is 18.6. The molecule has 1 spiro atoms. The van der Waals surface area contributed by atoms with E-state index < -0.39 is 0 Å². The normalized spacial score (nSPS) is 25.8. The van der Waals surface area contributed by atoms with Crippen molar-refractivity contribution in [3.8, 4) is 11.3 Å². The van der Waals surface area contributed by atoms with Crippen LogP contribution in [0.15, 0.2) is 48.9 Å². The van der Waals surface area contributed by atoms with E-state index in [0.717, 1.165) is 111 Å². The predicted molar refractivity (Wildman–Crippen MR) is 280 cm³/mol. The van der Waals surface area contributed by atoms with Crippen LogP contribution in [0.3, 0.4) is 0 Å². The lowest BCUT2D eigenvalue weighted by Crippen LogP contribution is -2.56. The number of benzene rings is 1. The van der Waals surface area contributed by atoms with Crippen LogP contribution in [0.4, 0.5) is 17.3 Å². The Kier molecular flexibility index (Phi) is 12.5. The first-order chi connectivity index (χ1) is 34.9. The van der Waals surface area contributed by atoms with Crippen molar-refractivity contribution in [2.45, 2.75) is 159 Å². The number of imidazole rings is 1. The second-order valence-electron chi connectivity index (χ2n) is 23.8. The summed E-state index contributed by atoms with van der Waals surface area (Å²) in [5.74, 6) is 1.48. The van der Waals surface area contributed by atoms with E-state index in [-0.39, 0.29) is 46.3 Å². The SMILES string of the molecule is CC(C)n1cnc2cc(-c3ccc4c(c3)N(C3CC(N5CCCCC5)C3)CC43CCN(C(=O)CC4(C)CCN(C(=O)C5CCN(c6ccc(C7CCC(=O)NC7=O)cn6)CC5)CC4)CC3)nc(NC3CC3)c21. The first-order valence-electron chi connectivity index (χ1n) is 27.8. The lowest BCUT2D eigenvalue weighted by Gasteiger charge is -2.49. The quantitative estimate of drug-likeness (QED) is 0.142. The number of amides is 4. The number of pyridine rings is 2.